The van der Waals surface area contributed by atoms with Crippen LogP contribution in [0.4, 0.5) is 8.78 Å². The Morgan fingerprint density at radius 2 is 1.50 bits per heavy atom. The van der Waals surface area contributed by atoms with E-state index < -0.39 is 52.3 Å². The van der Waals surface area contributed by atoms with E-state index in [1.807, 2.05) is 13.8 Å². The van der Waals surface area contributed by atoms with Crippen molar-refractivity contribution in [1.29, 1.82) is 0 Å². The lowest BCUT2D eigenvalue weighted by Gasteiger charge is -2.20. The molecule has 4 rings (SSSR count). The van der Waals surface area contributed by atoms with E-state index in [4.69, 9.17) is 27.9 Å². The first-order valence-electron chi connectivity index (χ1n) is 10.0. The van der Waals surface area contributed by atoms with Gasteiger partial charge in [0.05, 0.1) is 10.9 Å². The number of fused-ring (bicyclic) bond motifs is 1. The third kappa shape index (κ3) is 4.39. The van der Waals surface area contributed by atoms with Crippen LogP contribution in [0.1, 0.15) is 21.6 Å². The molecular formula is C24H16BCl2F2NO4. The lowest BCUT2D eigenvalue weighted by atomic mass is 9.55. The summed E-state index contributed by atoms with van der Waals surface area (Å²) in [5.74, 6) is -4.26. The molecule has 0 bridgehead atoms. The minimum absolute atomic E-state index is 0.413. The third-order valence-electron chi connectivity index (χ3n) is 5.43. The predicted molar refractivity (Wildman–Crippen MR) is 129 cm³/mol. The monoisotopic (exact) mass is 501 g/mol. The molecule has 0 unspecified atom stereocenters. The molecule has 0 saturated carbocycles. The second-order valence-corrected chi connectivity index (χ2v) is 8.60. The molecule has 0 amide bonds. The zero-order chi connectivity index (χ0) is 24.7. The van der Waals surface area contributed by atoms with E-state index in [2.05, 4.69) is 4.98 Å². The lowest BCUT2D eigenvalue weighted by molar-refractivity contribution is 0.0690. The third-order valence-corrected chi connectivity index (χ3v) is 6.25. The van der Waals surface area contributed by atoms with Crippen molar-refractivity contribution in [2.24, 2.45) is 0 Å². The number of hydrogen-bond donors (Lipinski definition) is 2. The van der Waals surface area contributed by atoms with Crippen LogP contribution in [0.5, 0.6) is 5.75 Å². The normalized spacial score (nSPS) is 11.0. The van der Waals surface area contributed by atoms with Crippen LogP contribution in [0.3, 0.4) is 0 Å². The zero-order valence-electron chi connectivity index (χ0n) is 17.9. The van der Waals surface area contributed by atoms with Crippen LogP contribution in [0.25, 0.3) is 10.9 Å². The van der Waals surface area contributed by atoms with Crippen LogP contribution < -0.4 is 21.0 Å². The molecule has 0 spiro atoms. The van der Waals surface area contributed by atoms with Crippen molar-refractivity contribution in [2.45, 2.75) is 13.8 Å². The molecule has 0 saturated heterocycles. The summed E-state index contributed by atoms with van der Waals surface area (Å²) in [5.41, 5.74) is 0.791. The standard InChI is InChI=1S/C24H16BCl2F2NO4/c1-11-3-5-13(7-15(11)26)25(14-6-4-12(2)16(27)8-14)34-23-18(29)9-17(28)21-20(31)10-19(24(32)33)30-22(21)23/h3-10H,1-2H3,(H,30,31)(H,32,33). The first kappa shape index (κ1) is 23.8. The highest BCUT2D eigenvalue weighted by molar-refractivity contribution is 6.81. The lowest BCUT2D eigenvalue weighted by Crippen LogP contribution is -2.48. The van der Waals surface area contributed by atoms with E-state index in [-0.39, 0.29) is 0 Å². The molecule has 1 heterocycles. The molecule has 1 aromatic heterocycles. The van der Waals surface area contributed by atoms with Crippen molar-refractivity contribution in [3.63, 3.8) is 0 Å². The fourth-order valence-electron chi connectivity index (χ4n) is 3.56. The summed E-state index contributed by atoms with van der Waals surface area (Å²) in [6, 6.07) is 11.5. The smallest absolute Gasteiger partial charge is 0.426 e. The van der Waals surface area contributed by atoms with Gasteiger partial charge in [0.15, 0.2) is 17.0 Å². The van der Waals surface area contributed by atoms with Crippen molar-refractivity contribution >= 4 is 57.9 Å². The van der Waals surface area contributed by atoms with Gasteiger partial charge in [0.1, 0.15) is 11.5 Å². The number of carbonyl (C=O) groups is 1. The molecule has 34 heavy (non-hydrogen) atoms. The first-order valence-corrected chi connectivity index (χ1v) is 10.8. The van der Waals surface area contributed by atoms with Crippen LogP contribution in [0.15, 0.2) is 53.3 Å². The van der Waals surface area contributed by atoms with Crippen molar-refractivity contribution in [1.82, 2.24) is 4.98 Å². The summed E-state index contributed by atoms with van der Waals surface area (Å²) < 4.78 is 35.6. The summed E-state index contributed by atoms with van der Waals surface area (Å²) in [5, 5.41) is 9.68. The van der Waals surface area contributed by atoms with Gasteiger partial charge in [0.2, 0.25) is 0 Å². The molecule has 0 fully saturated rings. The molecular weight excluding hydrogens is 486 g/mol. The number of benzene rings is 3. The number of rotatable bonds is 5. The number of hydrogen-bond acceptors (Lipinski definition) is 3. The summed E-state index contributed by atoms with van der Waals surface area (Å²) in [4.78, 5) is 26.3. The fourth-order valence-corrected chi connectivity index (χ4v) is 3.93. The van der Waals surface area contributed by atoms with E-state index in [1.165, 1.54) is 0 Å². The maximum atomic E-state index is 15.0. The number of carboxylic acids is 1. The van der Waals surface area contributed by atoms with Crippen LogP contribution in [0.2, 0.25) is 10.0 Å². The number of nitrogens with one attached hydrogen (secondary N) is 1. The molecule has 0 aliphatic carbocycles. The highest BCUT2D eigenvalue weighted by Crippen LogP contribution is 2.29. The predicted octanol–water partition coefficient (Wildman–Crippen LogP) is 4.61. The molecule has 0 aliphatic heterocycles. The van der Waals surface area contributed by atoms with Gasteiger partial charge in [-0.2, -0.15) is 0 Å². The average molecular weight is 502 g/mol. The molecule has 2 N–H and O–H groups in total. The van der Waals surface area contributed by atoms with Gasteiger partial charge in [0, 0.05) is 22.2 Å². The molecule has 5 nitrogen and oxygen atoms in total. The molecule has 0 radical (unpaired) electrons. The Bertz CT molecular complexity index is 1470. The Morgan fingerprint density at radius 1 is 0.941 bits per heavy atom. The number of H-pyrrole nitrogens is 1. The Balaban J connectivity index is 1.98. The van der Waals surface area contributed by atoms with E-state index >= 15 is 4.39 Å². The van der Waals surface area contributed by atoms with Gasteiger partial charge in [-0.1, -0.05) is 47.5 Å². The van der Waals surface area contributed by atoms with E-state index in [1.54, 1.807) is 36.4 Å². The Morgan fingerprint density at radius 3 is 2.00 bits per heavy atom. The molecule has 10 heteroatoms. The van der Waals surface area contributed by atoms with Gasteiger partial charge in [-0.15, -0.1) is 0 Å². The number of aromatic carboxylic acids is 1. The Labute approximate surface area is 203 Å². The highest BCUT2D eigenvalue weighted by atomic mass is 35.5. The van der Waals surface area contributed by atoms with Crippen LogP contribution in [-0.2, 0) is 0 Å². The highest BCUT2D eigenvalue weighted by Gasteiger charge is 2.29. The fraction of sp³-hybridized carbons (Fsp3) is 0.0833. The average Bonchev–Trinajstić information content (AvgIpc) is 2.77. The van der Waals surface area contributed by atoms with Crippen molar-refractivity contribution in [3.8, 4) is 5.75 Å². The number of carboxylic acid groups (broad SMARTS) is 1. The number of halogens is 4. The Kier molecular flexibility index (Phi) is 6.38. The van der Waals surface area contributed by atoms with Gasteiger partial charge < -0.3 is 14.7 Å². The first-order chi connectivity index (χ1) is 16.1. The summed E-state index contributed by atoms with van der Waals surface area (Å²) in [6.07, 6.45) is 0. The van der Waals surface area contributed by atoms with Crippen molar-refractivity contribution < 1.29 is 23.3 Å². The number of aromatic amines is 1. The number of pyridine rings is 1. The van der Waals surface area contributed by atoms with Crippen LogP contribution >= 0.6 is 23.2 Å². The van der Waals surface area contributed by atoms with Gasteiger partial charge in [-0.3, -0.25) is 4.79 Å². The van der Waals surface area contributed by atoms with E-state index in [0.717, 1.165) is 17.2 Å². The second-order valence-electron chi connectivity index (χ2n) is 7.79. The second kappa shape index (κ2) is 9.12. The number of aryl methyl sites for hydroxylation is 2. The van der Waals surface area contributed by atoms with Gasteiger partial charge in [-0.25, -0.2) is 13.6 Å². The maximum absolute atomic E-state index is 15.0. The Hall–Kier alpha value is -3.36. The summed E-state index contributed by atoms with van der Waals surface area (Å²) in [7, 11) is 0. The molecule has 0 atom stereocenters. The van der Waals surface area contributed by atoms with E-state index in [0.29, 0.717) is 27.0 Å². The van der Waals surface area contributed by atoms with Gasteiger partial charge >= 0.3 is 12.9 Å². The molecule has 0 aliphatic rings. The van der Waals surface area contributed by atoms with Crippen molar-refractivity contribution in [3.05, 3.63) is 97.3 Å². The number of aromatic nitrogens is 1. The van der Waals surface area contributed by atoms with E-state index in [9.17, 15) is 19.1 Å². The van der Waals surface area contributed by atoms with Crippen molar-refractivity contribution in [2.75, 3.05) is 0 Å². The molecule has 172 valence electrons. The van der Waals surface area contributed by atoms with Gasteiger partial charge in [0.25, 0.3) is 0 Å². The summed E-state index contributed by atoms with van der Waals surface area (Å²) in [6.45, 7) is 2.66. The zero-order valence-corrected chi connectivity index (χ0v) is 19.4. The minimum atomic E-state index is -1.47. The largest absolute Gasteiger partial charge is 0.548 e. The van der Waals surface area contributed by atoms with Crippen LogP contribution in [-0.4, -0.2) is 23.0 Å². The topological polar surface area (TPSA) is 79.4 Å². The summed E-state index contributed by atoms with van der Waals surface area (Å²) >= 11 is 12.6. The molecule has 3 aromatic carbocycles. The van der Waals surface area contributed by atoms with Gasteiger partial charge in [-0.05, 0) is 48.0 Å². The molecule has 4 aromatic rings. The quantitative estimate of drug-likeness (QED) is 0.391. The maximum Gasteiger partial charge on any atom is 0.426 e. The SMILES string of the molecule is Cc1ccc(B(Oc2c(F)cc(F)c3c(=O)cc(C(=O)O)[nH]c23)c2ccc(C)c(Cl)c2)cc1Cl. The van der Waals surface area contributed by atoms with Crippen LogP contribution in [0, 0.1) is 25.5 Å². The minimum Gasteiger partial charge on any atom is -0.548 e.